The number of aliphatic hydroxyl groups is 9. The smallest absolute Gasteiger partial charge is 0.317 e. The molecule has 0 bridgehead atoms. The van der Waals surface area contributed by atoms with Crippen LogP contribution in [0.15, 0.2) is 11.6 Å². The largest absolute Gasteiger partial charge is 0.432 e. The second kappa shape index (κ2) is 20.8. The van der Waals surface area contributed by atoms with Gasteiger partial charge in [0, 0.05) is 6.42 Å². The number of ether oxygens (including phenoxy) is 6. The molecule has 12 N–H and O–H groups in total. The fourth-order valence-electron chi connectivity index (χ4n) is 15.8. The summed E-state index contributed by atoms with van der Waals surface area (Å²) in [6.45, 7) is 16.7. The van der Waals surface area contributed by atoms with Crippen LogP contribution in [0, 0.1) is 50.2 Å². The second-order valence-electron chi connectivity index (χ2n) is 25.3. The minimum Gasteiger partial charge on any atom is -0.432 e. The van der Waals surface area contributed by atoms with Gasteiger partial charge in [0.1, 0.15) is 54.2 Å². The number of esters is 1. The number of carbonyl (C=O) groups excluding carboxylic acids is 2. The highest BCUT2D eigenvalue weighted by Crippen LogP contribution is 2.76. The Kier molecular flexibility index (Phi) is 16.3. The lowest BCUT2D eigenvalue weighted by Gasteiger charge is -2.71. The fourth-order valence-corrected chi connectivity index (χ4v) is 15.8. The molecule has 0 spiro atoms. The van der Waals surface area contributed by atoms with Gasteiger partial charge < -0.3 is 85.4 Å². The van der Waals surface area contributed by atoms with E-state index in [1.54, 1.807) is 0 Å². The Hall–Kier alpha value is -1.92. The monoisotopic (exact) mass is 1020 g/mol. The van der Waals surface area contributed by atoms with Gasteiger partial charge in [0.25, 0.3) is 0 Å². The van der Waals surface area contributed by atoms with Crippen molar-refractivity contribution in [1.82, 2.24) is 5.32 Å². The van der Waals surface area contributed by atoms with Gasteiger partial charge in [-0.1, -0.05) is 66.5 Å². The molecule has 5 aliphatic carbocycles. The molecule has 1 amide bonds. The molecular weight excluding hydrogens is 937 g/mol. The third-order valence-corrected chi connectivity index (χ3v) is 20.4. The van der Waals surface area contributed by atoms with Crippen molar-refractivity contribution < 1.29 is 84.0 Å². The van der Waals surface area contributed by atoms with Crippen LogP contribution in [0.25, 0.3) is 0 Å². The first-order chi connectivity index (χ1) is 33.7. The maximum atomic E-state index is 15.6. The Morgan fingerprint density at radius 2 is 1.44 bits per heavy atom. The molecule has 3 heterocycles. The van der Waals surface area contributed by atoms with Crippen LogP contribution < -0.4 is 11.1 Å². The van der Waals surface area contributed by atoms with E-state index in [0.717, 1.165) is 37.7 Å². The van der Waals surface area contributed by atoms with Gasteiger partial charge in [-0.3, -0.25) is 9.59 Å². The first-order valence-corrected chi connectivity index (χ1v) is 26.9. The van der Waals surface area contributed by atoms with E-state index in [4.69, 9.17) is 34.2 Å². The number of unbranched alkanes of at least 4 members (excludes halogenated alkanes) is 2. The molecule has 3 saturated heterocycles. The average Bonchev–Trinajstić information content (AvgIpc) is 3.31. The van der Waals surface area contributed by atoms with Gasteiger partial charge in [-0.15, -0.1) is 0 Å². The second-order valence-corrected chi connectivity index (χ2v) is 25.3. The zero-order valence-electron chi connectivity index (χ0n) is 43.7. The van der Waals surface area contributed by atoms with Crippen LogP contribution in [0.2, 0.25) is 0 Å². The summed E-state index contributed by atoms with van der Waals surface area (Å²) < 4.78 is 36.3. The predicted molar refractivity (Wildman–Crippen MR) is 258 cm³/mol. The summed E-state index contributed by atoms with van der Waals surface area (Å²) in [5.41, 5.74) is 4.07. The zero-order chi connectivity index (χ0) is 52.7. The maximum absolute atomic E-state index is 15.6. The van der Waals surface area contributed by atoms with Gasteiger partial charge in [-0.05, 0) is 129 Å². The highest BCUT2D eigenvalue weighted by atomic mass is 16.8. The van der Waals surface area contributed by atoms with Crippen molar-refractivity contribution in [2.75, 3.05) is 19.8 Å². The van der Waals surface area contributed by atoms with Gasteiger partial charge >= 0.3 is 5.97 Å². The van der Waals surface area contributed by atoms with Gasteiger partial charge in [0.05, 0.1) is 37.6 Å². The molecule has 19 heteroatoms. The first-order valence-electron chi connectivity index (χ1n) is 26.9. The summed E-state index contributed by atoms with van der Waals surface area (Å²) in [6.07, 6.45) is -12.0. The third kappa shape index (κ3) is 9.45. The van der Waals surface area contributed by atoms with Gasteiger partial charge in [-0.2, -0.15) is 0 Å². The fraction of sp³-hybridized carbons (Fsp3) is 0.925. The molecule has 23 atom stereocenters. The molecule has 0 aromatic heterocycles. The van der Waals surface area contributed by atoms with Gasteiger partial charge in [-0.25, -0.2) is 0 Å². The number of allylic oxidation sites excluding steroid dienone is 2. The highest BCUT2D eigenvalue weighted by molar-refractivity contribution is 5.80. The van der Waals surface area contributed by atoms with E-state index in [1.165, 1.54) is 6.92 Å². The Morgan fingerprint density at radius 1 is 0.750 bits per heavy atom. The van der Waals surface area contributed by atoms with Crippen LogP contribution in [-0.4, -0.2) is 176 Å². The topological polar surface area (TPSA) is 310 Å². The van der Waals surface area contributed by atoms with Crippen LogP contribution in [0.3, 0.4) is 0 Å². The number of aliphatic hydroxyl groups excluding tert-OH is 9. The summed E-state index contributed by atoms with van der Waals surface area (Å²) in [5, 5.41) is 104. The molecule has 4 saturated carbocycles. The molecule has 0 aromatic carbocycles. The minimum atomic E-state index is -1.91. The number of nitrogens with one attached hydrogen (secondary N) is 1. The van der Waals surface area contributed by atoms with Gasteiger partial charge in [0.2, 0.25) is 12.2 Å². The summed E-state index contributed by atoms with van der Waals surface area (Å²) in [7, 11) is 0. The van der Waals surface area contributed by atoms with Crippen LogP contribution >= 0.6 is 0 Å². The Balaban J connectivity index is 1.09. The van der Waals surface area contributed by atoms with E-state index in [2.05, 4.69) is 59.9 Å². The number of fused-ring (bicyclic) bond motifs is 7. The number of amides is 1. The highest BCUT2D eigenvalue weighted by Gasteiger charge is 2.72. The summed E-state index contributed by atoms with van der Waals surface area (Å²) in [5.74, 6) is -1.10. The summed E-state index contributed by atoms with van der Waals surface area (Å²) in [6, 6.07) is -1.32. The molecule has 8 rings (SSSR count). The van der Waals surface area contributed by atoms with E-state index in [0.29, 0.717) is 51.0 Å². The molecule has 3 aliphatic heterocycles. The van der Waals surface area contributed by atoms with Crippen LogP contribution in [0.4, 0.5) is 0 Å². The Bertz CT molecular complexity index is 1970. The summed E-state index contributed by atoms with van der Waals surface area (Å²) >= 11 is 0. The standard InChI is InChI=1S/C53H88N2O17/c1-26-42(70-44-40(64)37(61)29(57)25-67-44)39(63)41(65)45(68-26)71-43-38(62)36(55-35(60)12-10-9-11-21-54)30(24-56)69-46(43)72-47(66)53-20-19-48(2,3)22-28(53)27-13-14-32-50(6)17-16-33(58)49(4,5)31(50)15-18-51(32,7)52(27,8)23-34(53)59/h13,26,28-34,36-46,56-59,61-65H,9-12,14-25,54H2,1-8H3,(H,55,60)/t26-,28?,29?,30+,31+,32?,33+,34+,36?,37?,38?,39?,40?,41?,42?,43?,44+,45+,46+,50?,51+,52-,53?/m1/s1. The SMILES string of the molecule is C[C@H]1O[C@@H](OC2C(O)C(NC(=O)CCCCCN)[C@H](CO)O[C@H]2OC(=O)C23CCC(C)(C)CC2C2=CCC4C5(C)CC[C@H](O)C(C)(C)[C@@H]5CC[C@]4(C)[C@]2(C)C[C@@H]3O)C(O)C(O)C1O[C@@H]1OCC(O)C(O)C1O. The lowest BCUT2D eigenvalue weighted by molar-refractivity contribution is -0.370. The van der Waals surface area contributed by atoms with Crippen molar-refractivity contribution in [3.05, 3.63) is 11.6 Å². The van der Waals surface area contributed by atoms with E-state index >= 15 is 4.79 Å². The Labute approximate surface area is 424 Å². The average molecular weight is 1030 g/mol. The third-order valence-electron chi connectivity index (χ3n) is 20.4. The number of rotatable bonds is 13. The number of carbonyl (C=O) groups is 2. The van der Waals surface area contributed by atoms with Crippen molar-refractivity contribution in [2.24, 2.45) is 56.0 Å². The zero-order valence-corrected chi connectivity index (χ0v) is 43.7. The van der Waals surface area contributed by atoms with E-state index < -0.39 is 127 Å². The molecule has 8 aliphatic rings. The predicted octanol–water partition coefficient (Wildman–Crippen LogP) is 1.42. The van der Waals surface area contributed by atoms with Crippen molar-refractivity contribution in [3.8, 4) is 0 Å². The van der Waals surface area contributed by atoms with E-state index in [1.807, 2.05) is 0 Å². The summed E-state index contributed by atoms with van der Waals surface area (Å²) in [4.78, 5) is 28.9. The number of hydrogen-bond donors (Lipinski definition) is 11. The maximum Gasteiger partial charge on any atom is 0.317 e. The number of hydrogen-bond acceptors (Lipinski definition) is 18. The van der Waals surface area contributed by atoms with E-state index in [-0.39, 0.29) is 53.1 Å². The molecular formula is C53H88N2O17. The quantitative estimate of drug-likeness (QED) is 0.0706. The molecule has 0 radical (unpaired) electrons. The minimum absolute atomic E-state index is 0.0536. The molecule has 7 fully saturated rings. The van der Waals surface area contributed by atoms with Crippen LogP contribution in [0.1, 0.15) is 139 Å². The van der Waals surface area contributed by atoms with Crippen LogP contribution in [0.5, 0.6) is 0 Å². The Morgan fingerprint density at radius 3 is 2.14 bits per heavy atom. The van der Waals surface area contributed by atoms with Crippen molar-refractivity contribution >= 4 is 11.9 Å². The van der Waals surface area contributed by atoms with Crippen molar-refractivity contribution in [3.63, 3.8) is 0 Å². The van der Waals surface area contributed by atoms with Gasteiger partial charge in [0.15, 0.2) is 18.7 Å². The molecule has 72 heavy (non-hydrogen) atoms. The lowest BCUT2D eigenvalue weighted by atomic mass is 9.33. The van der Waals surface area contributed by atoms with Crippen molar-refractivity contribution in [2.45, 2.75) is 237 Å². The van der Waals surface area contributed by atoms with Crippen LogP contribution in [-0.2, 0) is 38.0 Å². The lowest BCUT2D eigenvalue weighted by Crippen LogP contribution is -2.69. The van der Waals surface area contributed by atoms with E-state index in [9.17, 15) is 50.8 Å². The molecule has 0 aromatic rings. The normalized spacial score (nSPS) is 49.8. The molecule has 19 nitrogen and oxygen atoms in total. The number of nitrogens with two attached hydrogens (primary N) is 1. The molecule has 13 unspecified atom stereocenters. The molecule has 412 valence electrons. The first kappa shape index (κ1) is 56.3. The van der Waals surface area contributed by atoms with Crippen molar-refractivity contribution in [1.29, 1.82) is 0 Å².